The molecule has 2 aromatic rings. The van der Waals surface area contributed by atoms with Gasteiger partial charge in [0.15, 0.2) is 5.16 Å². The number of anilines is 2. The fraction of sp³-hybridized carbons (Fsp3) is 0.542. The van der Waals surface area contributed by atoms with Crippen molar-refractivity contribution in [2.45, 2.75) is 25.9 Å². The third-order valence-corrected chi connectivity index (χ3v) is 7.14. The number of thioether (sulfide) groups is 1. The van der Waals surface area contributed by atoms with Crippen LogP contribution in [0.1, 0.15) is 19.4 Å². The molecule has 1 fully saturated rings. The van der Waals surface area contributed by atoms with Crippen molar-refractivity contribution in [1.29, 1.82) is 0 Å². The van der Waals surface area contributed by atoms with Crippen molar-refractivity contribution in [3.63, 3.8) is 0 Å². The van der Waals surface area contributed by atoms with Crippen LogP contribution in [0.4, 0.5) is 11.5 Å². The minimum Gasteiger partial charge on any atom is -0.368 e. The number of para-hydroxylation sites is 1. The monoisotopic (exact) mass is 490 g/mol. The number of halogens is 1. The molecule has 0 N–H and O–H groups in total. The first kappa shape index (κ1) is 25.6. The smallest absolute Gasteiger partial charge is 0.232 e. The van der Waals surface area contributed by atoms with Crippen LogP contribution in [0.2, 0.25) is 5.15 Å². The summed E-state index contributed by atoms with van der Waals surface area (Å²) in [5, 5.41) is 0.954. The molecular weight excluding hydrogens is 456 g/mol. The molecule has 1 aromatic carbocycles. The van der Waals surface area contributed by atoms with Crippen LogP contribution < -0.4 is 9.80 Å². The highest BCUT2D eigenvalue weighted by Crippen LogP contribution is 2.25. The third kappa shape index (κ3) is 7.22. The first-order chi connectivity index (χ1) is 15.9. The largest absolute Gasteiger partial charge is 0.368 e. The van der Waals surface area contributed by atoms with Crippen LogP contribution in [0.3, 0.4) is 0 Å². The van der Waals surface area contributed by atoms with Gasteiger partial charge in [0, 0.05) is 58.1 Å². The number of nitrogens with zero attached hydrogens (tertiary/aromatic N) is 6. The van der Waals surface area contributed by atoms with Gasteiger partial charge in [-0.1, -0.05) is 55.4 Å². The summed E-state index contributed by atoms with van der Waals surface area (Å²) in [6, 6.07) is 10.3. The second-order valence-electron chi connectivity index (χ2n) is 8.22. The number of carbonyl (C=O) groups is 1. The molecule has 0 atom stereocenters. The molecule has 1 aliphatic rings. The zero-order valence-electron chi connectivity index (χ0n) is 20.1. The van der Waals surface area contributed by atoms with Crippen molar-refractivity contribution in [3.8, 4) is 0 Å². The lowest BCUT2D eigenvalue weighted by Gasteiger charge is -2.37. The van der Waals surface area contributed by atoms with Crippen LogP contribution in [-0.2, 0) is 4.79 Å². The van der Waals surface area contributed by atoms with Gasteiger partial charge in [-0.25, -0.2) is 9.97 Å². The van der Waals surface area contributed by atoms with Crippen LogP contribution in [0.5, 0.6) is 0 Å². The van der Waals surface area contributed by atoms with E-state index in [1.807, 2.05) is 13.1 Å². The SMILES string of the molecule is CCN(CC)CCN(C)C(=O)CSc1nc(Cl)cc(N2CCN(c3ccccc3C)CC2)n1. The molecule has 1 amide bonds. The van der Waals surface area contributed by atoms with Crippen molar-refractivity contribution in [2.75, 3.05) is 75.0 Å². The van der Waals surface area contributed by atoms with Gasteiger partial charge in [-0.05, 0) is 31.6 Å². The molecule has 0 bridgehead atoms. The molecule has 3 rings (SSSR count). The number of hydrogen-bond donors (Lipinski definition) is 0. The molecule has 1 aliphatic heterocycles. The Morgan fingerprint density at radius 3 is 2.39 bits per heavy atom. The van der Waals surface area contributed by atoms with Crippen molar-refractivity contribution >= 4 is 40.8 Å². The highest BCUT2D eigenvalue weighted by molar-refractivity contribution is 7.99. The summed E-state index contributed by atoms with van der Waals surface area (Å²) in [7, 11) is 1.85. The molecule has 0 aliphatic carbocycles. The number of benzene rings is 1. The Morgan fingerprint density at radius 2 is 1.73 bits per heavy atom. The summed E-state index contributed by atoms with van der Waals surface area (Å²) in [5.74, 6) is 1.20. The predicted octanol–water partition coefficient (Wildman–Crippen LogP) is 3.66. The Hall–Kier alpha value is -2.03. The number of aryl methyl sites for hydroxylation is 1. The summed E-state index contributed by atoms with van der Waals surface area (Å²) in [6.45, 7) is 13.6. The van der Waals surface area contributed by atoms with Gasteiger partial charge in [0.25, 0.3) is 0 Å². The number of likely N-dealkylation sites (N-methyl/N-ethyl adjacent to an activating group) is 2. The molecule has 0 unspecified atom stereocenters. The number of aromatic nitrogens is 2. The topological polar surface area (TPSA) is 55.8 Å². The highest BCUT2D eigenvalue weighted by atomic mass is 35.5. The number of piperazine rings is 1. The summed E-state index contributed by atoms with van der Waals surface area (Å²) in [5.41, 5.74) is 2.58. The lowest BCUT2D eigenvalue weighted by Crippen LogP contribution is -2.47. The second kappa shape index (κ2) is 12.4. The van der Waals surface area contributed by atoms with E-state index in [0.717, 1.165) is 51.6 Å². The average molecular weight is 491 g/mol. The Labute approximate surface area is 207 Å². The van der Waals surface area contributed by atoms with Crippen LogP contribution in [0.15, 0.2) is 35.5 Å². The van der Waals surface area contributed by atoms with Gasteiger partial charge in [0.05, 0.1) is 5.75 Å². The van der Waals surface area contributed by atoms with Crippen molar-refractivity contribution in [3.05, 3.63) is 41.0 Å². The Balaban J connectivity index is 1.54. The molecule has 9 heteroatoms. The molecule has 1 aromatic heterocycles. The van der Waals surface area contributed by atoms with Gasteiger partial charge in [-0.3, -0.25) is 4.79 Å². The summed E-state index contributed by atoms with van der Waals surface area (Å²) in [4.78, 5) is 30.3. The third-order valence-electron chi connectivity index (χ3n) is 6.12. The first-order valence-electron chi connectivity index (χ1n) is 11.6. The number of hydrogen-bond acceptors (Lipinski definition) is 7. The van der Waals surface area contributed by atoms with Gasteiger partial charge in [-0.2, -0.15) is 0 Å². The zero-order valence-corrected chi connectivity index (χ0v) is 21.7. The van der Waals surface area contributed by atoms with E-state index < -0.39 is 0 Å². The summed E-state index contributed by atoms with van der Waals surface area (Å²) >= 11 is 7.65. The lowest BCUT2D eigenvalue weighted by atomic mass is 10.1. The van der Waals surface area contributed by atoms with Crippen LogP contribution in [-0.4, -0.2) is 90.8 Å². The number of rotatable bonds is 10. The fourth-order valence-electron chi connectivity index (χ4n) is 3.90. The van der Waals surface area contributed by atoms with E-state index in [-0.39, 0.29) is 5.91 Å². The van der Waals surface area contributed by atoms with Gasteiger partial charge < -0.3 is 19.6 Å². The molecule has 2 heterocycles. The highest BCUT2D eigenvalue weighted by Gasteiger charge is 2.21. The summed E-state index contributed by atoms with van der Waals surface area (Å²) in [6.07, 6.45) is 0. The van der Waals surface area contributed by atoms with E-state index in [4.69, 9.17) is 16.6 Å². The Bertz CT molecular complexity index is 918. The maximum absolute atomic E-state index is 12.6. The standard InChI is InChI=1S/C24H35ClN6OS/c1-5-29(6-2)12-11-28(4)23(32)18-33-24-26-21(25)17-22(27-24)31-15-13-30(14-16-31)20-10-8-7-9-19(20)3/h7-10,17H,5-6,11-16,18H2,1-4H3. The van der Waals surface area contributed by atoms with Crippen molar-refractivity contribution < 1.29 is 4.79 Å². The normalized spacial score (nSPS) is 14.1. The molecule has 0 radical (unpaired) electrons. The van der Waals surface area contributed by atoms with Gasteiger partial charge >= 0.3 is 0 Å². The van der Waals surface area contributed by atoms with E-state index >= 15 is 0 Å². The maximum atomic E-state index is 12.6. The predicted molar refractivity (Wildman–Crippen MR) is 139 cm³/mol. The molecule has 0 spiro atoms. The quantitative estimate of drug-likeness (QED) is 0.286. The molecule has 180 valence electrons. The molecular formula is C24H35ClN6OS. The van der Waals surface area contributed by atoms with Crippen LogP contribution in [0.25, 0.3) is 0 Å². The number of carbonyl (C=O) groups excluding carboxylic acids is 1. The minimum absolute atomic E-state index is 0.0733. The van der Waals surface area contributed by atoms with Gasteiger partial charge in [0.2, 0.25) is 5.91 Å². The first-order valence-corrected chi connectivity index (χ1v) is 13.0. The van der Waals surface area contributed by atoms with Crippen molar-refractivity contribution in [2.24, 2.45) is 0 Å². The second-order valence-corrected chi connectivity index (χ2v) is 9.55. The Kier molecular flexibility index (Phi) is 9.64. The lowest BCUT2D eigenvalue weighted by molar-refractivity contribution is -0.127. The molecule has 7 nitrogen and oxygen atoms in total. The average Bonchev–Trinajstić information content (AvgIpc) is 2.83. The minimum atomic E-state index is 0.0733. The van der Waals surface area contributed by atoms with E-state index in [9.17, 15) is 4.79 Å². The van der Waals surface area contributed by atoms with Gasteiger partial charge in [0.1, 0.15) is 11.0 Å². The van der Waals surface area contributed by atoms with E-state index in [1.54, 1.807) is 4.90 Å². The van der Waals surface area contributed by atoms with E-state index in [2.05, 4.69) is 64.7 Å². The summed E-state index contributed by atoms with van der Waals surface area (Å²) < 4.78 is 0. The molecule has 33 heavy (non-hydrogen) atoms. The van der Waals surface area contributed by atoms with Gasteiger partial charge in [-0.15, -0.1) is 0 Å². The van der Waals surface area contributed by atoms with Crippen LogP contribution >= 0.6 is 23.4 Å². The van der Waals surface area contributed by atoms with E-state index in [1.165, 1.54) is 23.0 Å². The molecule has 0 saturated carbocycles. The Morgan fingerprint density at radius 1 is 1.06 bits per heavy atom. The maximum Gasteiger partial charge on any atom is 0.232 e. The van der Waals surface area contributed by atoms with Crippen molar-refractivity contribution in [1.82, 2.24) is 19.8 Å². The molecule has 1 saturated heterocycles. The number of amides is 1. The fourth-order valence-corrected chi connectivity index (χ4v) is 4.92. The zero-order chi connectivity index (χ0) is 23.8. The van der Waals surface area contributed by atoms with Crippen LogP contribution in [0, 0.1) is 6.92 Å². The van der Waals surface area contributed by atoms with E-state index in [0.29, 0.717) is 22.6 Å².